The van der Waals surface area contributed by atoms with Gasteiger partial charge in [-0.05, 0) is 6.07 Å². The Morgan fingerprint density at radius 2 is 1.74 bits per heavy atom. The van der Waals surface area contributed by atoms with E-state index in [9.17, 15) is 31.1 Å². The van der Waals surface area contributed by atoms with Crippen LogP contribution in [-0.4, -0.2) is 17.3 Å². The third-order valence-corrected chi connectivity index (χ3v) is 2.48. The molecule has 0 fully saturated rings. The van der Waals surface area contributed by atoms with Gasteiger partial charge in [0.1, 0.15) is 0 Å². The predicted molar refractivity (Wildman–Crippen MR) is 54.3 cm³/mol. The van der Waals surface area contributed by atoms with Gasteiger partial charge in [0.25, 0.3) is 5.56 Å². The molecule has 0 aliphatic carbocycles. The first kappa shape index (κ1) is 15.5. The first-order valence-electron chi connectivity index (χ1n) is 5.10. The highest BCUT2D eigenvalue weighted by atomic mass is 19.4. The lowest BCUT2D eigenvalue weighted by atomic mass is 10.1. The predicted octanol–water partition coefficient (Wildman–Crippen LogP) is 2.00. The molecule has 108 valence electrons. The monoisotopic (exact) mass is 288 g/mol. The van der Waals surface area contributed by atoms with Crippen LogP contribution < -0.4 is 11.3 Å². The quantitative estimate of drug-likeness (QED) is 0.865. The van der Waals surface area contributed by atoms with Crippen molar-refractivity contribution < 1.29 is 26.3 Å². The Balaban J connectivity index is 3.10. The molecule has 9 heteroatoms. The number of hydrogen-bond donors (Lipinski definition) is 1. The van der Waals surface area contributed by atoms with Crippen LogP contribution in [0, 0.1) is 5.92 Å². The van der Waals surface area contributed by atoms with Gasteiger partial charge in [0.15, 0.2) is 0 Å². The van der Waals surface area contributed by atoms with Gasteiger partial charge in [-0.2, -0.15) is 26.3 Å². The molecular formula is C10H10F6N2O. The second kappa shape index (κ2) is 5.24. The molecule has 0 saturated heterocycles. The number of nitrogens with two attached hydrogens (primary N) is 1. The van der Waals surface area contributed by atoms with Crippen LogP contribution in [0.25, 0.3) is 0 Å². The zero-order chi connectivity index (χ0) is 14.8. The van der Waals surface area contributed by atoms with Crippen LogP contribution in [0.4, 0.5) is 26.3 Å². The van der Waals surface area contributed by atoms with E-state index in [1.807, 2.05) is 0 Å². The summed E-state index contributed by atoms with van der Waals surface area (Å²) in [6.45, 7) is -1.76. The largest absolute Gasteiger partial charge is 0.417 e. The third-order valence-electron chi connectivity index (χ3n) is 2.48. The molecule has 0 saturated carbocycles. The molecule has 0 radical (unpaired) electrons. The fourth-order valence-corrected chi connectivity index (χ4v) is 1.39. The van der Waals surface area contributed by atoms with Gasteiger partial charge in [-0.25, -0.2) is 0 Å². The Bertz CT molecular complexity index is 490. The van der Waals surface area contributed by atoms with Gasteiger partial charge < -0.3 is 10.3 Å². The second-order valence-electron chi connectivity index (χ2n) is 3.88. The summed E-state index contributed by atoms with van der Waals surface area (Å²) in [4.78, 5) is 11.3. The Morgan fingerprint density at radius 3 is 2.16 bits per heavy atom. The molecule has 1 unspecified atom stereocenters. The summed E-state index contributed by atoms with van der Waals surface area (Å²) in [5, 5.41) is 0. The van der Waals surface area contributed by atoms with Crippen molar-refractivity contribution >= 4 is 0 Å². The maximum atomic E-state index is 12.5. The van der Waals surface area contributed by atoms with Crippen molar-refractivity contribution in [3.8, 4) is 0 Å². The fourth-order valence-electron chi connectivity index (χ4n) is 1.39. The average molecular weight is 288 g/mol. The zero-order valence-corrected chi connectivity index (χ0v) is 9.42. The molecule has 0 bridgehead atoms. The lowest BCUT2D eigenvalue weighted by molar-refractivity contribution is -0.175. The number of hydrogen-bond acceptors (Lipinski definition) is 2. The maximum absolute atomic E-state index is 12.5. The van der Waals surface area contributed by atoms with Gasteiger partial charge in [0, 0.05) is 25.4 Å². The smallest absolute Gasteiger partial charge is 0.330 e. The van der Waals surface area contributed by atoms with E-state index in [4.69, 9.17) is 5.73 Å². The minimum absolute atomic E-state index is 0.358. The van der Waals surface area contributed by atoms with Gasteiger partial charge in [-0.3, -0.25) is 4.79 Å². The number of pyridine rings is 1. The zero-order valence-electron chi connectivity index (χ0n) is 9.42. The molecule has 0 aliphatic rings. The van der Waals surface area contributed by atoms with Crippen LogP contribution in [0.5, 0.6) is 0 Å². The Labute approximate surface area is 103 Å². The van der Waals surface area contributed by atoms with E-state index in [1.165, 1.54) is 0 Å². The second-order valence-corrected chi connectivity index (χ2v) is 3.88. The molecule has 1 heterocycles. The molecule has 0 amide bonds. The molecular weight excluding hydrogens is 278 g/mol. The summed E-state index contributed by atoms with van der Waals surface area (Å²) in [5.41, 5.74) is 2.78. The van der Waals surface area contributed by atoms with Crippen LogP contribution in [0.3, 0.4) is 0 Å². The van der Waals surface area contributed by atoms with Crippen molar-refractivity contribution in [1.29, 1.82) is 0 Å². The van der Waals surface area contributed by atoms with Crippen LogP contribution in [0.1, 0.15) is 5.56 Å². The SMILES string of the molecule is NCC(Cn1cc(C(F)(F)F)ccc1=O)C(F)(F)F. The molecule has 1 aromatic heterocycles. The highest BCUT2D eigenvalue weighted by Crippen LogP contribution is 2.29. The van der Waals surface area contributed by atoms with Crippen LogP contribution >= 0.6 is 0 Å². The number of rotatable bonds is 3. The molecule has 1 rings (SSSR count). The molecule has 0 aliphatic heterocycles. The fraction of sp³-hybridized carbons (Fsp3) is 0.500. The Morgan fingerprint density at radius 1 is 1.16 bits per heavy atom. The van der Waals surface area contributed by atoms with E-state index in [0.717, 1.165) is 0 Å². The van der Waals surface area contributed by atoms with E-state index in [-0.39, 0.29) is 0 Å². The minimum Gasteiger partial charge on any atom is -0.330 e. The van der Waals surface area contributed by atoms with Crippen molar-refractivity contribution in [2.24, 2.45) is 11.7 Å². The van der Waals surface area contributed by atoms with E-state index in [0.29, 0.717) is 22.9 Å². The minimum atomic E-state index is -4.73. The van der Waals surface area contributed by atoms with Gasteiger partial charge in [-0.15, -0.1) is 0 Å². The van der Waals surface area contributed by atoms with Gasteiger partial charge >= 0.3 is 12.4 Å². The standard InChI is InChI=1S/C10H10F6N2O/c11-9(12,13)6-1-2-8(19)18(4-6)5-7(3-17)10(14,15)16/h1-2,4,7H,3,5,17H2. The molecule has 0 spiro atoms. The molecule has 2 N–H and O–H groups in total. The number of nitrogens with zero attached hydrogens (tertiary/aromatic N) is 1. The number of halogens is 6. The van der Waals surface area contributed by atoms with Crippen LogP contribution in [0.2, 0.25) is 0 Å². The summed E-state index contributed by atoms with van der Waals surface area (Å²) < 4.78 is 74.9. The molecule has 1 aromatic rings. The van der Waals surface area contributed by atoms with Crippen molar-refractivity contribution in [2.75, 3.05) is 6.54 Å². The molecule has 19 heavy (non-hydrogen) atoms. The Hall–Kier alpha value is -1.51. The average Bonchev–Trinajstić information content (AvgIpc) is 2.24. The first-order chi connectivity index (χ1) is 8.55. The highest BCUT2D eigenvalue weighted by molar-refractivity contribution is 5.13. The first-order valence-corrected chi connectivity index (χ1v) is 5.10. The van der Waals surface area contributed by atoms with Crippen molar-refractivity contribution in [3.63, 3.8) is 0 Å². The van der Waals surface area contributed by atoms with Gasteiger partial charge in [-0.1, -0.05) is 0 Å². The highest BCUT2D eigenvalue weighted by Gasteiger charge is 2.39. The Kier molecular flexibility index (Phi) is 4.28. The van der Waals surface area contributed by atoms with Crippen LogP contribution in [-0.2, 0) is 12.7 Å². The van der Waals surface area contributed by atoms with Crippen molar-refractivity contribution in [1.82, 2.24) is 4.57 Å². The molecule has 0 aromatic carbocycles. The van der Waals surface area contributed by atoms with E-state index in [1.54, 1.807) is 0 Å². The van der Waals surface area contributed by atoms with Crippen molar-refractivity contribution in [2.45, 2.75) is 18.9 Å². The topological polar surface area (TPSA) is 48.0 Å². The molecule has 1 atom stereocenters. The number of aromatic nitrogens is 1. The lowest BCUT2D eigenvalue weighted by Gasteiger charge is -2.20. The lowest BCUT2D eigenvalue weighted by Crippen LogP contribution is -2.36. The van der Waals surface area contributed by atoms with Gasteiger partial charge in [0.2, 0.25) is 0 Å². The summed E-state index contributed by atoms with van der Waals surface area (Å²) in [6, 6.07) is 1.09. The number of alkyl halides is 6. The maximum Gasteiger partial charge on any atom is 0.417 e. The summed E-state index contributed by atoms with van der Waals surface area (Å²) >= 11 is 0. The summed E-state index contributed by atoms with van der Waals surface area (Å²) in [6.07, 6.45) is -9.05. The van der Waals surface area contributed by atoms with Gasteiger partial charge in [0.05, 0.1) is 11.5 Å². The molecule has 3 nitrogen and oxygen atoms in total. The summed E-state index contributed by atoms with van der Waals surface area (Å²) in [7, 11) is 0. The van der Waals surface area contributed by atoms with Crippen LogP contribution in [0.15, 0.2) is 23.1 Å². The summed E-state index contributed by atoms with van der Waals surface area (Å²) in [5.74, 6) is -2.08. The van der Waals surface area contributed by atoms with E-state index < -0.39 is 42.5 Å². The van der Waals surface area contributed by atoms with Crippen molar-refractivity contribution in [3.05, 3.63) is 34.2 Å². The third kappa shape index (κ3) is 3.98. The van der Waals surface area contributed by atoms with E-state index >= 15 is 0 Å². The van der Waals surface area contributed by atoms with E-state index in [2.05, 4.69) is 0 Å². The normalized spacial score (nSPS) is 14.5.